The fraction of sp³-hybridized carbons (Fsp3) is 0.231. The number of aryl methyl sites for hydroxylation is 1. The van der Waals surface area contributed by atoms with E-state index in [9.17, 15) is 4.79 Å². The SMILES string of the molecule is Cc1[nH]ncc1C(=O)N(C)c1ccccc1CN. The van der Waals surface area contributed by atoms with E-state index in [4.69, 9.17) is 5.73 Å². The monoisotopic (exact) mass is 244 g/mol. The number of hydrogen-bond donors (Lipinski definition) is 2. The summed E-state index contributed by atoms with van der Waals surface area (Å²) in [5.41, 5.74) is 8.78. The minimum Gasteiger partial charge on any atom is -0.326 e. The van der Waals surface area contributed by atoms with Gasteiger partial charge in [0.1, 0.15) is 0 Å². The Morgan fingerprint density at radius 3 is 2.78 bits per heavy atom. The molecule has 1 heterocycles. The highest BCUT2D eigenvalue weighted by Crippen LogP contribution is 2.21. The van der Waals surface area contributed by atoms with Gasteiger partial charge in [0.2, 0.25) is 0 Å². The van der Waals surface area contributed by atoms with E-state index in [1.807, 2.05) is 31.2 Å². The van der Waals surface area contributed by atoms with Crippen molar-refractivity contribution in [2.75, 3.05) is 11.9 Å². The lowest BCUT2D eigenvalue weighted by Crippen LogP contribution is -2.27. The molecule has 0 spiro atoms. The lowest BCUT2D eigenvalue weighted by Gasteiger charge is -2.19. The maximum Gasteiger partial charge on any atom is 0.261 e. The van der Waals surface area contributed by atoms with Crippen LogP contribution in [0.25, 0.3) is 0 Å². The predicted octanol–water partition coefficient (Wildman–Crippen LogP) is 1.45. The van der Waals surface area contributed by atoms with E-state index in [0.29, 0.717) is 12.1 Å². The van der Waals surface area contributed by atoms with E-state index in [1.54, 1.807) is 18.1 Å². The highest BCUT2D eigenvalue weighted by Gasteiger charge is 2.18. The molecule has 0 bridgehead atoms. The molecule has 3 N–H and O–H groups in total. The van der Waals surface area contributed by atoms with Crippen molar-refractivity contribution >= 4 is 11.6 Å². The largest absolute Gasteiger partial charge is 0.326 e. The summed E-state index contributed by atoms with van der Waals surface area (Å²) in [5.74, 6) is -0.0952. The second-order valence-electron chi connectivity index (χ2n) is 4.11. The summed E-state index contributed by atoms with van der Waals surface area (Å²) in [7, 11) is 1.74. The first kappa shape index (κ1) is 12.3. The number of nitrogens with one attached hydrogen (secondary N) is 1. The number of aromatic amines is 1. The zero-order chi connectivity index (χ0) is 13.1. The van der Waals surface area contributed by atoms with E-state index < -0.39 is 0 Å². The summed E-state index contributed by atoms with van der Waals surface area (Å²) in [6.45, 7) is 2.22. The molecule has 0 saturated carbocycles. The van der Waals surface area contributed by atoms with Crippen LogP contribution in [0, 0.1) is 6.92 Å². The molecule has 0 saturated heterocycles. The highest BCUT2D eigenvalue weighted by atomic mass is 16.2. The van der Waals surface area contributed by atoms with Gasteiger partial charge in [0, 0.05) is 25.0 Å². The van der Waals surface area contributed by atoms with Gasteiger partial charge in [-0.05, 0) is 18.6 Å². The normalized spacial score (nSPS) is 10.4. The average Bonchev–Trinajstić information content (AvgIpc) is 2.83. The minimum atomic E-state index is -0.0952. The van der Waals surface area contributed by atoms with Crippen LogP contribution in [0.4, 0.5) is 5.69 Å². The highest BCUT2D eigenvalue weighted by molar-refractivity contribution is 6.06. The first-order chi connectivity index (χ1) is 8.65. The van der Waals surface area contributed by atoms with Crippen molar-refractivity contribution < 1.29 is 4.79 Å². The molecule has 5 nitrogen and oxygen atoms in total. The molecular weight excluding hydrogens is 228 g/mol. The first-order valence-electron chi connectivity index (χ1n) is 5.71. The number of carbonyl (C=O) groups excluding carboxylic acids is 1. The number of hydrogen-bond acceptors (Lipinski definition) is 3. The third kappa shape index (κ3) is 2.12. The van der Waals surface area contributed by atoms with Crippen molar-refractivity contribution in [3.8, 4) is 0 Å². The van der Waals surface area contributed by atoms with Crippen LogP contribution in [0.3, 0.4) is 0 Å². The molecule has 0 aliphatic rings. The van der Waals surface area contributed by atoms with Gasteiger partial charge in [-0.1, -0.05) is 18.2 Å². The van der Waals surface area contributed by atoms with E-state index in [-0.39, 0.29) is 5.91 Å². The van der Waals surface area contributed by atoms with Crippen LogP contribution in [0.2, 0.25) is 0 Å². The van der Waals surface area contributed by atoms with Crippen molar-refractivity contribution in [3.63, 3.8) is 0 Å². The quantitative estimate of drug-likeness (QED) is 0.858. The van der Waals surface area contributed by atoms with Gasteiger partial charge in [-0.2, -0.15) is 5.10 Å². The van der Waals surface area contributed by atoms with Gasteiger partial charge in [-0.3, -0.25) is 9.89 Å². The zero-order valence-corrected chi connectivity index (χ0v) is 10.5. The molecule has 0 atom stereocenters. The Labute approximate surface area is 106 Å². The number of nitrogens with two attached hydrogens (primary N) is 1. The number of aromatic nitrogens is 2. The Kier molecular flexibility index (Phi) is 3.43. The van der Waals surface area contributed by atoms with Crippen molar-refractivity contribution in [1.29, 1.82) is 0 Å². The number of nitrogens with zero attached hydrogens (tertiary/aromatic N) is 2. The second-order valence-corrected chi connectivity index (χ2v) is 4.11. The van der Waals surface area contributed by atoms with E-state index in [0.717, 1.165) is 16.9 Å². The summed E-state index contributed by atoms with van der Waals surface area (Å²) in [6.07, 6.45) is 1.54. The standard InChI is InChI=1S/C13H16N4O/c1-9-11(8-15-16-9)13(18)17(2)12-6-4-3-5-10(12)7-14/h3-6,8H,7,14H2,1-2H3,(H,15,16). The molecule has 0 aliphatic heterocycles. The smallest absolute Gasteiger partial charge is 0.261 e. The summed E-state index contributed by atoms with van der Waals surface area (Å²) < 4.78 is 0. The van der Waals surface area contributed by atoms with E-state index >= 15 is 0 Å². The molecule has 2 rings (SSSR count). The van der Waals surface area contributed by atoms with Gasteiger partial charge < -0.3 is 10.6 Å². The van der Waals surface area contributed by atoms with Crippen molar-refractivity contribution in [2.24, 2.45) is 5.73 Å². The third-order valence-electron chi connectivity index (χ3n) is 2.94. The Morgan fingerprint density at radius 2 is 2.17 bits per heavy atom. The molecule has 18 heavy (non-hydrogen) atoms. The van der Waals surface area contributed by atoms with Gasteiger partial charge >= 0.3 is 0 Å². The molecule has 94 valence electrons. The molecule has 1 aromatic heterocycles. The maximum absolute atomic E-state index is 12.3. The molecule has 1 aromatic carbocycles. The molecular formula is C13H16N4O. The van der Waals surface area contributed by atoms with Crippen LogP contribution in [0.5, 0.6) is 0 Å². The number of para-hydroxylation sites is 1. The fourth-order valence-electron chi connectivity index (χ4n) is 1.87. The van der Waals surface area contributed by atoms with Gasteiger partial charge in [0.05, 0.1) is 11.8 Å². The second kappa shape index (κ2) is 5.01. The molecule has 0 fully saturated rings. The Morgan fingerprint density at radius 1 is 1.44 bits per heavy atom. The van der Waals surface area contributed by atoms with Gasteiger partial charge in [0.15, 0.2) is 0 Å². The van der Waals surface area contributed by atoms with Crippen molar-refractivity contribution in [2.45, 2.75) is 13.5 Å². The molecule has 1 amide bonds. The van der Waals surface area contributed by atoms with Crippen LogP contribution in [-0.2, 0) is 6.54 Å². The minimum absolute atomic E-state index is 0.0952. The lowest BCUT2D eigenvalue weighted by molar-refractivity contribution is 0.0992. The summed E-state index contributed by atoms with van der Waals surface area (Å²) in [4.78, 5) is 13.9. The van der Waals surface area contributed by atoms with Crippen LogP contribution >= 0.6 is 0 Å². The summed E-state index contributed by atoms with van der Waals surface area (Å²) in [6, 6.07) is 7.60. The predicted molar refractivity (Wildman–Crippen MR) is 70.4 cm³/mol. The molecule has 2 aromatic rings. The third-order valence-corrected chi connectivity index (χ3v) is 2.94. The molecule has 0 unspecified atom stereocenters. The van der Waals surface area contributed by atoms with Crippen LogP contribution < -0.4 is 10.6 Å². The number of carbonyl (C=O) groups is 1. The Hall–Kier alpha value is -2.14. The molecule has 0 radical (unpaired) electrons. The van der Waals surface area contributed by atoms with E-state index in [1.165, 1.54) is 0 Å². The van der Waals surface area contributed by atoms with Gasteiger partial charge in [-0.25, -0.2) is 0 Å². The number of rotatable bonds is 3. The Bertz CT molecular complexity index is 562. The van der Waals surface area contributed by atoms with Crippen LogP contribution in [-0.4, -0.2) is 23.2 Å². The van der Waals surface area contributed by atoms with Crippen LogP contribution in [0.1, 0.15) is 21.6 Å². The summed E-state index contributed by atoms with van der Waals surface area (Å²) >= 11 is 0. The van der Waals surface area contributed by atoms with Gasteiger partial charge in [0.25, 0.3) is 5.91 Å². The number of benzene rings is 1. The van der Waals surface area contributed by atoms with Crippen molar-refractivity contribution in [3.05, 3.63) is 47.3 Å². The fourth-order valence-corrected chi connectivity index (χ4v) is 1.87. The topological polar surface area (TPSA) is 75.0 Å². The maximum atomic E-state index is 12.3. The molecule has 5 heteroatoms. The number of H-pyrrole nitrogens is 1. The van der Waals surface area contributed by atoms with E-state index in [2.05, 4.69) is 10.2 Å². The first-order valence-corrected chi connectivity index (χ1v) is 5.71. The number of amides is 1. The number of anilines is 1. The van der Waals surface area contributed by atoms with Crippen LogP contribution in [0.15, 0.2) is 30.5 Å². The van der Waals surface area contributed by atoms with Crippen molar-refractivity contribution in [1.82, 2.24) is 10.2 Å². The van der Waals surface area contributed by atoms with Gasteiger partial charge in [-0.15, -0.1) is 0 Å². The lowest BCUT2D eigenvalue weighted by atomic mass is 10.1. The average molecular weight is 244 g/mol. The molecule has 0 aliphatic carbocycles. The zero-order valence-electron chi connectivity index (χ0n) is 10.5. The summed E-state index contributed by atoms with van der Waals surface area (Å²) in [5, 5.41) is 6.63. The Balaban J connectivity index is 2.34.